The van der Waals surface area contributed by atoms with Gasteiger partial charge in [-0.2, -0.15) is 0 Å². The predicted molar refractivity (Wildman–Crippen MR) is 119 cm³/mol. The molecule has 4 nitrogen and oxygen atoms in total. The first kappa shape index (κ1) is 19.4. The lowest BCUT2D eigenvalue weighted by molar-refractivity contribution is -0.589. The van der Waals surface area contributed by atoms with Gasteiger partial charge in [0, 0.05) is 12.1 Å². The molecule has 0 aliphatic rings. The third-order valence-electron chi connectivity index (χ3n) is 4.54. The van der Waals surface area contributed by atoms with Crippen molar-refractivity contribution in [1.29, 1.82) is 0 Å². The predicted octanol–water partition coefficient (Wildman–Crippen LogP) is 4.44. The molecule has 1 N–H and O–H groups in total. The lowest BCUT2D eigenvalue weighted by Crippen LogP contribution is -2.35. The monoisotopic (exact) mass is 412 g/mol. The summed E-state index contributed by atoms with van der Waals surface area (Å²) < 4.78 is 7.13. The zero-order valence-corrected chi connectivity index (χ0v) is 16.8. The van der Waals surface area contributed by atoms with Crippen LogP contribution in [0, 0.1) is 12.3 Å². The van der Waals surface area contributed by atoms with Gasteiger partial charge in [0.15, 0.2) is 5.56 Å². The maximum atomic E-state index is 13.1. The molecule has 4 rings (SSSR count). The average molecular weight is 412 g/mol. The average Bonchev–Trinajstić information content (AvgIpc) is 2.79. The first-order valence-corrected chi connectivity index (χ1v) is 10.1. The summed E-state index contributed by atoms with van der Waals surface area (Å²) in [7, 11) is 0. The number of nitrogens with zero attached hydrogens (tertiary/aromatic N) is 1. The lowest BCUT2D eigenvalue weighted by Gasteiger charge is -2.11. The van der Waals surface area contributed by atoms with Crippen LogP contribution in [0.25, 0.3) is 27.4 Å². The minimum Gasteiger partial charge on any atom is -0.480 e. The van der Waals surface area contributed by atoms with Crippen molar-refractivity contribution in [1.82, 2.24) is 0 Å². The van der Waals surface area contributed by atoms with Crippen molar-refractivity contribution in [2.24, 2.45) is 0 Å². The van der Waals surface area contributed by atoms with E-state index in [-0.39, 0.29) is 22.8 Å². The molecule has 0 saturated carbocycles. The second kappa shape index (κ2) is 8.64. The highest BCUT2D eigenvalue weighted by molar-refractivity contribution is 7.12. The molecule has 1 heterocycles. The molecule has 0 fully saturated rings. The lowest BCUT2D eigenvalue weighted by atomic mass is 10.1. The van der Waals surface area contributed by atoms with Gasteiger partial charge in [0.25, 0.3) is 9.75 Å². The van der Waals surface area contributed by atoms with E-state index < -0.39 is 0 Å². The van der Waals surface area contributed by atoms with Crippen molar-refractivity contribution in [3.05, 3.63) is 94.5 Å². The van der Waals surface area contributed by atoms with Crippen LogP contribution in [0.5, 0.6) is 11.6 Å². The van der Waals surface area contributed by atoms with Gasteiger partial charge in [-0.15, -0.1) is 11.0 Å². The van der Waals surface area contributed by atoms with Crippen LogP contribution in [0.3, 0.4) is 0 Å². The zero-order valence-electron chi connectivity index (χ0n) is 16.0. The van der Waals surface area contributed by atoms with E-state index in [9.17, 15) is 9.90 Å². The minimum atomic E-state index is -0.243. The number of hydrogen-bond donors (Lipinski definition) is 1. The highest BCUT2D eigenvalue weighted by Gasteiger charge is 2.30. The van der Waals surface area contributed by atoms with E-state index in [0.29, 0.717) is 21.9 Å². The maximum Gasteiger partial charge on any atom is 0.385 e. The van der Waals surface area contributed by atoms with E-state index in [1.165, 1.54) is 0 Å². The highest BCUT2D eigenvalue weighted by atomic mass is 32.1. The van der Waals surface area contributed by atoms with Gasteiger partial charge in [-0.1, -0.05) is 66.6 Å². The number of hydrogen-bond acceptors (Lipinski definition) is 4. The van der Waals surface area contributed by atoms with Crippen LogP contribution in [-0.4, -0.2) is 11.7 Å². The van der Waals surface area contributed by atoms with Crippen LogP contribution in [0.15, 0.2) is 89.7 Å². The molecule has 1 aromatic heterocycles. The van der Waals surface area contributed by atoms with Gasteiger partial charge in [0.05, 0.1) is 0 Å². The Morgan fingerprint density at radius 1 is 0.933 bits per heavy atom. The molecule has 5 heteroatoms. The van der Waals surface area contributed by atoms with Crippen molar-refractivity contribution < 1.29 is 14.4 Å². The van der Waals surface area contributed by atoms with Gasteiger partial charge in [0.2, 0.25) is 5.69 Å². The summed E-state index contributed by atoms with van der Waals surface area (Å²) in [5.41, 5.74) is 2.32. The second-order valence-electron chi connectivity index (χ2n) is 6.42. The topological polar surface area (TPSA) is 50.4 Å². The van der Waals surface area contributed by atoms with Crippen molar-refractivity contribution in [2.45, 2.75) is 0 Å². The summed E-state index contributed by atoms with van der Waals surface area (Å²) in [6.07, 6.45) is 5.35. The Balaban J connectivity index is 2.04. The van der Waals surface area contributed by atoms with Gasteiger partial charge in [-0.25, -0.2) is 0 Å². The number of aromatic hydroxyl groups is 1. The molecule has 3 aromatic carbocycles. The summed E-state index contributed by atoms with van der Waals surface area (Å²) in [5, 5.41) is 11.8. The Labute approximate surface area is 178 Å². The fourth-order valence-corrected chi connectivity index (χ4v) is 4.26. The standard InChI is InChI=1S/C25H17NO3S/c1-2-17-29-21-16-10-9-15-20(21)24-26(19-13-7-4-8-14-19)23(27)22(25(28)30-24)18-11-5-3-6-12-18/h1,3-16H,17H2/p+1. The smallest absolute Gasteiger partial charge is 0.385 e. The van der Waals surface area contributed by atoms with Crippen molar-refractivity contribution in [3.8, 4) is 51.4 Å². The molecule has 30 heavy (non-hydrogen) atoms. The van der Waals surface area contributed by atoms with E-state index >= 15 is 0 Å². The second-order valence-corrected chi connectivity index (χ2v) is 7.38. The summed E-state index contributed by atoms with van der Waals surface area (Å²) >= 11 is 1.05. The van der Waals surface area contributed by atoms with Crippen molar-refractivity contribution >= 4 is 11.3 Å². The molecule has 0 bridgehead atoms. The SMILES string of the molecule is C#CCOc1ccccc1-c1sc(=O)c(-c2ccccc2)c(O)[n+]1-c1ccccc1. The van der Waals surface area contributed by atoms with Gasteiger partial charge in [-0.05, 0) is 29.0 Å². The number of aromatic nitrogens is 1. The van der Waals surface area contributed by atoms with E-state index in [0.717, 1.165) is 17.0 Å². The molecule has 0 saturated heterocycles. The Hall–Kier alpha value is -3.88. The van der Waals surface area contributed by atoms with Gasteiger partial charge in [-0.3, -0.25) is 4.79 Å². The van der Waals surface area contributed by atoms with Crippen LogP contribution >= 0.6 is 11.3 Å². The molecule has 0 spiro atoms. The molecule has 146 valence electrons. The van der Waals surface area contributed by atoms with Crippen LogP contribution in [0.2, 0.25) is 0 Å². The first-order valence-electron chi connectivity index (χ1n) is 9.29. The van der Waals surface area contributed by atoms with E-state index in [2.05, 4.69) is 5.92 Å². The van der Waals surface area contributed by atoms with E-state index in [4.69, 9.17) is 11.2 Å². The quantitative estimate of drug-likeness (QED) is 0.390. The molecule has 0 aliphatic carbocycles. The minimum absolute atomic E-state index is 0.103. The zero-order chi connectivity index (χ0) is 20.9. The van der Waals surface area contributed by atoms with Crippen LogP contribution in [-0.2, 0) is 0 Å². The Bertz CT molecular complexity index is 1280. The van der Waals surface area contributed by atoms with Gasteiger partial charge < -0.3 is 9.84 Å². The molecule has 0 atom stereocenters. The third-order valence-corrected chi connectivity index (χ3v) is 5.52. The van der Waals surface area contributed by atoms with Crippen LogP contribution < -0.4 is 14.0 Å². The first-order chi connectivity index (χ1) is 14.7. The summed E-state index contributed by atoms with van der Waals surface area (Å²) in [5.74, 6) is 2.87. The van der Waals surface area contributed by atoms with Gasteiger partial charge >= 0.3 is 5.88 Å². The molecule has 0 amide bonds. The third kappa shape index (κ3) is 3.69. The number of benzene rings is 3. The summed E-state index contributed by atoms with van der Waals surface area (Å²) in [4.78, 5) is 13.1. The Morgan fingerprint density at radius 2 is 1.57 bits per heavy atom. The number of para-hydroxylation sites is 2. The Kier molecular flexibility index (Phi) is 5.60. The summed E-state index contributed by atoms with van der Waals surface area (Å²) in [6, 6.07) is 25.9. The van der Waals surface area contributed by atoms with Crippen LogP contribution in [0.4, 0.5) is 0 Å². The molecule has 4 aromatic rings. The molecular formula is C25H18NO3S+. The normalized spacial score (nSPS) is 10.4. The van der Waals surface area contributed by atoms with Gasteiger partial charge in [0.1, 0.15) is 17.9 Å². The number of rotatable bonds is 5. The van der Waals surface area contributed by atoms with Crippen molar-refractivity contribution in [2.75, 3.05) is 6.61 Å². The van der Waals surface area contributed by atoms with Crippen molar-refractivity contribution in [3.63, 3.8) is 0 Å². The number of terminal acetylenes is 1. The maximum absolute atomic E-state index is 13.1. The molecule has 0 aliphatic heterocycles. The fraction of sp³-hybridized carbons (Fsp3) is 0.0400. The molecule has 0 unspecified atom stereocenters. The summed E-state index contributed by atoms with van der Waals surface area (Å²) in [6.45, 7) is 0.103. The molecule has 0 radical (unpaired) electrons. The highest BCUT2D eigenvalue weighted by Crippen LogP contribution is 2.34. The van der Waals surface area contributed by atoms with E-state index in [1.54, 1.807) is 10.6 Å². The largest absolute Gasteiger partial charge is 0.480 e. The van der Waals surface area contributed by atoms with Crippen LogP contribution in [0.1, 0.15) is 0 Å². The number of ether oxygens (including phenoxy) is 1. The fourth-order valence-electron chi connectivity index (χ4n) is 3.22. The Morgan fingerprint density at radius 3 is 2.27 bits per heavy atom. The molecular weight excluding hydrogens is 394 g/mol. The van der Waals surface area contributed by atoms with E-state index in [1.807, 2.05) is 78.9 Å².